The molecule has 1 atom stereocenters. The standard InChI is InChI=1S/C22H23NO5/c1-4-11-23-19(14-5-8-16(24)9-6-14)18(21(26)22(23)27)20(25)15-7-10-17(28-3)13(2)12-15/h5-10,12,19,24-25H,4,11H2,1-3H3/b20-18-. The van der Waals surface area contributed by atoms with Crippen LogP contribution in [0.15, 0.2) is 48.0 Å². The van der Waals surface area contributed by atoms with Crippen LogP contribution in [0, 0.1) is 6.92 Å². The molecule has 0 spiro atoms. The topological polar surface area (TPSA) is 87.1 Å². The van der Waals surface area contributed by atoms with E-state index < -0.39 is 17.7 Å². The number of aromatic hydroxyl groups is 1. The van der Waals surface area contributed by atoms with Crippen LogP contribution in [0.1, 0.15) is 36.1 Å². The highest BCUT2D eigenvalue weighted by Gasteiger charge is 2.45. The van der Waals surface area contributed by atoms with Crippen molar-refractivity contribution in [2.24, 2.45) is 0 Å². The minimum absolute atomic E-state index is 0.0497. The van der Waals surface area contributed by atoms with Gasteiger partial charge in [0, 0.05) is 12.1 Å². The Morgan fingerprint density at radius 1 is 1.14 bits per heavy atom. The van der Waals surface area contributed by atoms with Crippen LogP contribution in [-0.2, 0) is 9.59 Å². The number of phenolic OH excluding ortho intramolecular Hbond substituents is 1. The third-order valence-electron chi connectivity index (χ3n) is 4.88. The molecule has 0 saturated carbocycles. The van der Waals surface area contributed by atoms with Gasteiger partial charge in [-0.3, -0.25) is 9.59 Å². The molecule has 1 fully saturated rings. The van der Waals surface area contributed by atoms with Gasteiger partial charge in [0.25, 0.3) is 11.7 Å². The van der Waals surface area contributed by atoms with Gasteiger partial charge in [-0.1, -0.05) is 19.1 Å². The monoisotopic (exact) mass is 381 g/mol. The van der Waals surface area contributed by atoms with Gasteiger partial charge in [0.05, 0.1) is 18.7 Å². The fourth-order valence-electron chi connectivity index (χ4n) is 3.54. The van der Waals surface area contributed by atoms with Crippen molar-refractivity contribution in [3.63, 3.8) is 0 Å². The number of ether oxygens (including phenoxy) is 1. The number of amides is 1. The number of aliphatic hydroxyl groups is 1. The summed E-state index contributed by atoms with van der Waals surface area (Å²) >= 11 is 0. The number of aliphatic hydroxyl groups excluding tert-OH is 1. The number of methoxy groups -OCH3 is 1. The Hall–Kier alpha value is -3.28. The molecule has 1 saturated heterocycles. The second-order valence-electron chi connectivity index (χ2n) is 6.77. The predicted octanol–water partition coefficient (Wildman–Crippen LogP) is 3.54. The minimum atomic E-state index is -0.711. The number of Topliss-reactive ketones (excluding diaryl/α,β-unsaturated/α-hetero) is 1. The maximum atomic E-state index is 12.8. The van der Waals surface area contributed by atoms with Crippen molar-refractivity contribution in [3.05, 3.63) is 64.7 Å². The van der Waals surface area contributed by atoms with Crippen LogP contribution in [0.2, 0.25) is 0 Å². The molecule has 0 bridgehead atoms. The fourth-order valence-corrected chi connectivity index (χ4v) is 3.54. The Kier molecular flexibility index (Phi) is 5.40. The molecular formula is C22H23NO5. The molecule has 0 radical (unpaired) electrons. The third kappa shape index (κ3) is 3.33. The lowest BCUT2D eigenvalue weighted by Crippen LogP contribution is -2.30. The summed E-state index contributed by atoms with van der Waals surface area (Å²) in [4.78, 5) is 26.9. The molecule has 0 aromatic heterocycles. The summed E-state index contributed by atoms with van der Waals surface area (Å²) in [5.74, 6) is -0.815. The summed E-state index contributed by atoms with van der Waals surface area (Å²) in [5.41, 5.74) is 1.94. The summed E-state index contributed by atoms with van der Waals surface area (Å²) in [7, 11) is 1.56. The number of benzene rings is 2. The Labute approximate surface area is 163 Å². The van der Waals surface area contributed by atoms with Crippen LogP contribution >= 0.6 is 0 Å². The van der Waals surface area contributed by atoms with Crippen molar-refractivity contribution < 1.29 is 24.5 Å². The Bertz CT molecular complexity index is 946. The lowest BCUT2D eigenvalue weighted by atomic mass is 9.94. The number of likely N-dealkylation sites (tertiary alicyclic amines) is 1. The van der Waals surface area contributed by atoms with Crippen LogP contribution in [0.3, 0.4) is 0 Å². The SMILES string of the molecule is CCCN1C(=O)C(=O)/C(=C(\O)c2ccc(OC)c(C)c2)C1c1ccc(O)cc1. The Balaban J connectivity index is 2.17. The lowest BCUT2D eigenvalue weighted by molar-refractivity contribution is -0.139. The molecule has 146 valence electrons. The minimum Gasteiger partial charge on any atom is -0.508 e. The first-order valence-electron chi connectivity index (χ1n) is 9.11. The molecule has 2 aromatic carbocycles. The number of aryl methyl sites for hydroxylation is 1. The van der Waals surface area contributed by atoms with Gasteiger partial charge in [-0.25, -0.2) is 0 Å². The molecule has 2 aromatic rings. The van der Waals surface area contributed by atoms with Crippen LogP contribution in [0.25, 0.3) is 5.76 Å². The van der Waals surface area contributed by atoms with Crippen molar-refractivity contribution >= 4 is 17.4 Å². The lowest BCUT2D eigenvalue weighted by Gasteiger charge is -2.25. The Morgan fingerprint density at radius 2 is 1.82 bits per heavy atom. The molecule has 6 nitrogen and oxygen atoms in total. The average Bonchev–Trinajstić information content (AvgIpc) is 2.93. The number of rotatable bonds is 5. The van der Waals surface area contributed by atoms with Crippen molar-refractivity contribution in [1.29, 1.82) is 0 Å². The first kappa shape index (κ1) is 19.5. The van der Waals surface area contributed by atoms with Gasteiger partial charge in [0.2, 0.25) is 0 Å². The molecule has 1 aliphatic heterocycles. The molecule has 1 aliphatic rings. The van der Waals surface area contributed by atoms with E-state index in [0.29, 0.717) is 29.8 Å². The maximum Gasteiger partial charge on any atom is 0.295 e. The zero-order chi connectivity index (χ0) is 20.4. The molecule has 1 amide bonds. The zero-order valence-corrected chi connectivity index (χ0v) is 16.1. The summed E-state index contributed by atoms with van der Waals surface area (Å²) in [5, 5.41) is 20.5. The van der Waals surface area contributed by atoms with E-state index >= 15 is 0 Å². The van der Waals surface area contributed by atoms with Crippen LogP contribution in [0.4, 0.5) is 0 Å². The molecule has 1 unspecified atom stereocenters. The van der Waals surface area contributed by atoms with E-state index in [4.69, 9.17) is 4.74 Å². The summed E-state index contributed by atoms with van der Waals surface area (Å²) in [6.45, 7) is 4.14. The number of carbonyl (C=O) groups excluding carboxylic acids is 2. The molecule has 3 rings (SSSR count). The first-order valence-corrected chi connectivity index (χ1v) is 9.11. The number of ketones is 1. The predicted molar refractivity (Wildman–Crippen MR) is 105 cm³/mol. The van der Waals surface area contributed by atoms with E-state index in [9.17, 15) is 19.8 Å². The van der Waals surface area contributed by atoms with Gasteiger partial charge in [0.15, 0.2) is 0 Å². The van der Waals surface area contributed by atoms with Crippen molar-refractivity contribution in [3.8, 4) is 11.5 Å². The van der Waals surface area contributed by atoms with E-state index in [2.05, 4.69) is 0 Å². The smallest absolute Gasteiger partial charge is 0.295 e. The van der Waals surface area contributed by atoms with Crippen molar-refractivity contribution in [1.82, 2.24) is 4.90 Å². The van der Waals surface area contributed by atoms with E-state index in [1.807, 2.05) is 13.8 Å². The number of nitrogens with zero attached hydrogens (tertiary/aromatic N) is 1. The van der Waals surface area contributed by atoms with Crippen LogP contribution in [-0.4, -0.2) is 40.5 Å². The zero-order valence-electron chi connectivity index (χ0n) is 16.1. The second kappa shape index (κ2) is 7.76. The van der Waals surface area contributed by atoms with Gasteiger partial charge in [0.1, 0.15) is 17.3 Å². The van der Waals surface area contributed by atoms with Gasteiger partial charge < -0.3 is 19.8 Å². The average molecular weight is 381 g/mol. The first-order chi connectivity index (χ1) is 13.4. The van der Waals surface area contributed by atoms with Crippen molar-refractivity contribution in [2.75, 3.05) is 13.7 Å². The molecule has 1 heterocycles. The van der Waals surface area contributed by atoms with Gasteiger partial charge in [-0.15, -0.1) is 0 Å². The highest BCUT2D eigenvalue weighted by Crippen LogP contribution is 2.40. The summed E-state index contributed by atoms with van der Waals surface area (Å²) < 4.78 is 5.24. The van der Waals surface area contributed by atoms with Crippen molar-refractivity contribution in [2.45, 2.75) is 26.3 Å². The number of phenols is 1. The summed E-state index contributed by atoms with van der Waals surface area (Å²) in [6.07, 6.45) is 0.670. The largest absolute Gasteiger partial charge is 0.508 e. The molecular weight excluding hydrogens is 358 g/mol. The second-order valence-corrected chi connectivity index (χ2v) is 6.77. The maximum absolute atomic E-state index is 12.8. The fraction of sp³-hybridized carbons (Fsp3) is 0.273. The van der Waals surface area contributed by atoms with E-state index in [1.54, 1.807) is 37.4 Å². The molecule has 0 aliphatic carbocycles. The normalized spacial score (nSPS) is 18.5. The van der Waals surface area contributed by atoms with Crippen LogP contribution in [0.5, 0.6) is 11.5 Å². The van der Waals surface area contributed by atoms with Gasteiger partial charge in [-0.05, 0) is 54.8 Å². The highest BCUT2D eigenvalue weighted by atomic mass is 16.5. The van der Waals surface area contributed by atoms with Crippen LogP contribution < -0.4 is 4.74 Å². The van der Waals surface area contributed by atoms with E-state index in [1.165, 1.54) is 17.0 Å². The molecule has 6 heteroatoms. The number of hydrogen-bond acceptors (Lipinski definition) is 5. The Morgan fingerprint density at radius 3 is 2.39 bits per heavy atom. The van der Waals surface area contributed by atoms with E-state index in [0.717, 1.165) is 5.56 Å². The number of hydrogen-bond donors (Lipinski definition) is 2. The van der Waals surface area contributed by atoms with E-state index in [-0.39, 0.29) is 17.1 Å². The van der Waals surface area contributed by atoms with Gasteiger partial charge >= 0.3 is 0 Å². The highest BCUT2D eigenvalue weighted by molar-refractivity contribution is 6.46. The number of carbonyl (C=O) groups is 2. The molecule has 28 heavy (non-hydrogen) atoms. The third-order valence-corrected chi connectivity index (χ3v) is 4.88. The quantitative estimate of drug-likeness (QED) is 0.470. The summed E-state index contributed by atoms with van der Waals surface area (Å²) in [6, 6.07) is 10.7. The van der Waals surface area contributed by atoms with Gasteiger partial charge in [-0.2, -0.15) is 0 Å². The molecule has 2 N–H and O–H groups in total.